The van der Waals surface area contributed by atoms with Crippen molar-refractivity contribution < 1.29 is 42.1 Å². The lowest BCUT2D eigenvalue weighted by Crippen LogP contribution is -2.48. The van der Waals surface area contributed by atoms with Gasteiger partial charge in [0, 0.05) is 43.0 Å². The third-order valence-corrected chi connectivity index (χ3v) is 9.12. The summed E-state index contributed by atoms with van der Waals surface area (Å²) in [6, 6.07) is -0.764. The summed E-state index contributed by atoms with van der Waals surface area (Å²) in [7, 11) is 1.16. The molecule has 0 bridgehead atoms. The van der Waals surface area contributed by atoms with Gasteiger partial charge in [0.1, 0.15) is 6.04 Å². The molecule has 1 aromatic carbocycles. The second-order valence-electron chi connectivity index (χ2n) is 11.1. The molecule has 1 aromatic heterocycles. The Hall–Kier alpha value is -3.40. The number of carboxylic acids is 1. The van der Waals surface area contributed by atoms with Crippen molar-refractivity contribution in [2.75, 3.05) is 33.3 Å². The Morgan fingerprint density at radius 3 is 2.67 bits per heavy atom. The number of nitrogens with zero attached hydrogens (tertiary/aromatic N) is 4. The summed E-state index contributed by atoms with van der Waals surface area (Å²) >= 11 is 1.24. The van der Waals surface area contributed by atoms with Crippen molar-refractivity contribution in [2.24, 2.45) is 4.99 Å². The number of aliphatic imine (C=N–C) groups is 1. The van der Waals surface area contributed by atoms with E-state index in [0.29, 0.717) is 11.4 Å². The van der Waals surface area contributed by atoms with E-state index in [1.807, 2.05) is 0 Å². The van der Waals surface area contributed by atoms with Crippen LogP contribution < -0.4 is 5.32 Å². The number of carbonyl (C=O) groups excluding carboxylic acids is 1. The van der Waals surface area contributed by atoms with Gasteiger partial charge in [-0.3, -0.25) is 14.8 Å². The topological polar surface area (TPSA) is 128 Å². The SMILES string of the molecule is COC(=O)C1=C(CN2CC(F)(F)[C@H]3[C@@H]2CCN3CC[C@@](C)(O)C(=O)O)NC(c2nccs2)=N[C@H]1c1ccc(F)c(F)c1C. The van der Waals surface area contributed by atoms with Crippen molar-refractivity contribution in [1.29, 1.82) is 0 Å². The molecule has 0 amide bonds. The Bertz CT molecular complexity index is 1480. The number of carboxylic acid groups (broad SMARTS) is 1. The number of aliphatic carboxylic acids is 1. The molecule has 4 atom stereocenters. The minimum atomic E-state index is -3.18. The molecule has 0 radical (unpaired) electrons. The van der Waals surface area contributed by atoms with Crippen molar-refractivity contribution in [3.05, 3.63) is 62.7 Å². The Labute approximate surface area is 248 Å². The number of aliphatic hydroxyl groups is 1. The van der Waals surface area contributed by atoms with Crippen LogP contribution in [-0.4, -0.2) is 99.7 Å². The number of halogens is 4. The van der Waals surface area contributed by atoms with Gasteiger partial charge in [-0.1, -0.05) is 6.07 Å². The fourth-order valence-electron chi connectivity index (χ4n) is 6.05. The van der Waals surface area contributed by atoms with E-state index in [2.05, 4.69) is 15.3 Å². The number of amidine groups is 1. The maximum Gasteiger partial charge on any atom is 0.338 e. The molecule has 2 aromatic rings. The number of ether oxygens (including phenoxy) is 1. The van der Waals surface area contributed by atoms with E-state index in [9.17, 15) is 28.6 Å². The second kappa shape index (κ2) is 11.6. The number of hydrogen-bond donors (Lipinski definition) is 3. The number of alkyl halides is 2. The minimum absolute atomic E-state index is 0.0314. The monoisotopic (exact) mass is 625 g/mol. The van der Waals surface area contributed by atoms with Gasteiger partial charge in [-0.25, -0.2) is 32.1 Å². The third-order valence-electron chi connectivity index (χ3n) is 8.34. The predicted octanol–water partition coefficient (Wildman–Crippen LogP) is 2.87. The van der Waals surface area contributed by atoms with Crippen LogP contribution in [0.5, 0.6) is 0 Å². The highest BCUT2D eigenvalue weighted by molar-refractivity contribution is 7.11. The van der Waals surface area contributed by atoms with E-state index in [-0.39, 0.29) is 54.3 Å². The number of rotatable bonds is 9. The Kier molecular flexibility index (Phi) is 8.37. The highest BCUT2D eigenvalue weighted by atomic mass is 32.1. The van der Waals surface area contributed by atoms with Crippen LogP contribution in [0.2, 0.25) is 0 Å². The molecule has 10 nitrogen and oxygen atoms in total. The van der Waals surface area contributed by atoms with Crippen LogP contribution in [0.1, 0.15) is 41.9 Å². The van der Waals surface area contributed by atoms with Gasteiger partial charge in [0.2, 0.25) is 0 Å². The maximum absolute atomic E-state index is 15.5. The summed E-state index contributed by atoms with van der Waals surface area (Å²) in [5.41, 5.74) is -1.74. The normalized spacial score (nSPS) is 25.2. The van der Waals surface area contributed by atoms with Gasteiger partial charge in [0.05, 0.1) is 25.3 Å². The lowest BCUT2D eigenvalue weighted by Gasteiger charge is -2.31. The Morgan fingerprint density at radius 1 is 1.28 bits per heavy atom. The largest absolute Gasteiger partial charge is 0.479 e. The highest BCUT2D eigenvalue weighted by Gasteiger charge is 2.59. The quantitative estimate of drug-likeness (QED) is 0.285. The Morgan fingerprint density at radius 2 is 2.02 bits per heavy atom. The number of aromatic nitrogens is 1. The number of thiazole rings is 1. The molecule has 3 N–H and O–H groups in total. The summed E-state index contributed by atoms with van der Waals surface area (Å²) in [6.45, 7) is 1.91. The number of methoxy groups -OCH3 is 1. The number of fused-ring (bicyclic) bond motifs is 1. The third kappa shape index (κ3) is 5.78. The molecule has 5 rings (SSSR count). The maximum atomic E-state index is 15.5. The van der Waals surface area contributed by atoms with Gasteiger partial charge in [0.25, 0.3) is 5.92 Å². The molecule has 0 saturated carbocycles. The predicted molar refractivity (Wildman–Crippen MR) is 148 cm³/mol. The number of benzene rings is 1. The molecule has 15 heteroatoms. The molecule has 0 unspecified atom stereocenters. The summed E-state index contributed by atoms with van der Waals surface area (Å²) < 4.78 is 64.8. The van der Waals surface area contributed by atoms with Gasteiger partial charge < -0.3 is 20.3 Å². The first-order chi connectivity index (χ1) is 20.2. The van der Waals surface area contributed by atoms with E-state index >= 15 is 8.78 Å². The van der Waals surface area contributed by atoms with E-state index in [4.69, 9.17) is 4.74 Å². The lowest BCUT2D eigenvalue weighted by atomic mass is 9.92. The first-order valence-electron chi connectivity index (χ1n) is 13.6. The van der Waals surface area contributed by atoms with Crippen molar-refractivity contribution in [3.63, 3.8) is 0 Å². The van der Waals surface area contributed by atoms with Crippen molar-refractivity contribution in [1.82, 2.24) is 20.1 Å². The molecule has 3 aliphatic rings. The van der Waals surface area contributed by atoms with Gasteiger partial charge in [-0.05, 0) is 43.9 Å². The van der Waals surface area contributed by atoms with E-state index in [1.165, 1.54) is 29.2 Å². The molecular weight excluding hydrogens is 594 g/mol. The summed E-state index contributed by atoms with van der Waals surface area (Å²) in [5, 5.41) is 24.6. The van der Waals surface area contributed by atoms with Crippen LogP contribution in [0.15, 0.2) is 40.0 Å². The van der Waals surface area contributed by atoms with E-state index in [1.54, 1.807) is 16.5 Å². The minimum Gasteiger partial charge on any atom is -0.479 e. The zero-order valence-corrected chi connectivity index (χ0v) is 24.4. The molecule has 4 heterocycles. The second-order valence-corrected chi connectivity index (χ2v) is 12.0. The number of nitrogens with one attached hydrogen (secondary N) is 1. The van der Waals surface area contributed by atoms with E-state index in [0.717, 1.165) is 20.1 Å². The van der Waals surface area contributed by atoms with Gasteiger partial charge >= 0.3 is 11.9 Å². The van der Waals surface area contributed by atoms with E-state index < -0.39 is 59.8 Å². The number of esters is 1. The molecule has 2 saturated heterocycles. The first kappa shape index (κ1) is 31.0. The molecule has 232 valence electrons. The van der Waals surface area contributed by atoms with Crippen LogP contribution >= 0.6 is 11.3 Å². The molecule has 0 spiro atoms. The number of likely N-dealkylation sites (tertiary alicyclic amines) is 2. The van der Waals surface area contributed by atoms with Gasteiger partial charge in [-0.2, -0.15) is 0 Å². The molecular formula is C28H31F4N5O5S. The van der Waals surface area contributed by atoms with Crippen molar-refractivity contribution in [3.8, 4) is 0 Å². The molecule has 0 aliphatic carbocycles. The fraction of sp³-hybridized carbons (Fsp3) is 0.500. The highest BCUT2D eigenvalue weighted by Crippen LogP contribution is 2.43. The van der Waals surface area contributed by atoms with Crippen LogP contribution in [-0.2, 0) is 14.3 Å². The Balaban J connectivity index is 1.51. The summed E-state index contributed by atoms with van der Waals surface area (Å²) in [6.07, 6.45) is 1.65. The van der Waals surface area contributed by atoms with Crippen LogP contribution in [0, 0.1) is 18.6 Å². The standard InChI is InChI=1S/C28H31F4N5O5S/c1-14-15(4-5-16(29)20(14)30)21-19(25(38)42-3)17(34-23(35-21)24-33-8-11-43-24)12-37-13-28(31,32)22-18(37)6-9-36(22)10-7-27(2,41)26(39)40/h4-5,8,11,18,21-22,41H,6-7,9-10,12-13H2,1-3H3,(H,34,35)(H,39,40)/t18-,21-,22+,27+/m0/s1. The average molecular weight is 626 g/mol. The number of carbonyl (C=O) groups is 2. The number of hydrogen-bond acceptors (Lipinski definition) is 10. The average Bonchev–Trinajstić information content (AvgIpc) is 3.69. The van der Waals surface area contributed by atoms with Crippen LogP contribution in [0.4, 0.5) is 17.6 Å². The molecule has 2 fully saturated rings. The lowest BCUT2D eigenvalue weighted by molar-refractivity contribution is -0.157. The van der Waals surface area contributed by atoms with Gasteiger partial charge in [-0.15, -0.1) is 11.3 Å². The summed E-state index contributed by atoms with van der Waals surface area (Å²) in [5.74, 6) is -7.36. The zero-order chi connectivity index (χ0) is 31.3. The molecule has 43 heavy (non-hydrogen) atoms. The fourth-order valence-corrected chi connectivity index (χ4v) is 6.64. The zero-order valence-electron chi connectivity index (χ0n) is 23.6. The van der Waals surface area contributed by atoms with Crippen molar-refractivity contribution >= 4 is 29.1 Å². The summed E-state index contributed by atoms with van der Waals surface area (Å²) in [4.78, 5) is 36.5. The van der Waals surface area contributed by atoms with Gasteiger partial charge in [0.15, 0.2) is 28.1 Å². The smallest absolute Gasteiger partial charge is 0.338 e. The van der Waals surface area contributed by atoms with Crippen LogP contribution in [0.25, 0.3) is 0 Å². The van der Waals surface area contributed by atoms with Crippen molar-refractivity contribution in [2.45, 2.75) is 56.3 Å². The van der Waals surface area contributed by atoms with Crippen LogP contribution in [0.3, 0.4) is 0 Å². The first-order valence-corrected chi connectivity index (χ1v) is 14.5. The molecule has 3 aliphatic heterocycles.